The van der Waals surface area contributed by atoms with Crippen molar-refractivity contribution < 1.29 is 14.6 Å². The van der Waals surface area contributed by atoms with E-state index in [9.17, 15) is 4.79 Å². The van der Waals surface area contributed by atoms with Crippen molar-refractivity contribution in [3.63, 3.8) is 0 Å². The molecule has 5 heteroatoms. The molecular weight excluding hydrogens is 196 g/mol. The molecule has 1 saturated carbocycles. The first kappa shape index (κ1) is 9.89. The van der Waals surface area contributed by atoms with Crippen LogP contribution in [0.4, 0.5) is 0 Å². The van der Waals surface area contributed by atoms with Crippen LogP contribution in [0.3, 0.4) is 0 Å². The van der Waals surface area contributed by atoms with Crippen molar-refractivity contribution in [2.24, 2.45) is 5.92 Å². The third-order valence-electron chi connectivity index (χ3n) is 2.50. The first-order valence-corrected chi connectivity index (χ1v) is 4.82. The van der Waals surface area contributed by atoms with Crippen LogP contribution in [0.5, 0.6) is 5.88 Å². The minimum atomic E-state index is -0.856. The third-order valence-corrected chi connectivity index (χ3v) is 2.50. The van der Waals surface area contributed by atoms with Crippen LogP contribution >= 0.6 is 0 Å². The number of aromatic nitrogens is 2. The summed E-state index contributed by atoms with van der Waals surface area (Å²) in [5.41, 5.74) is 0. The van der Waals surface area contributed by atoms with Gasteiger partial charge in [-0.2, -0.15) is 4.98 Å². The Morgan fingerprint density at radius 2 is 2.40 bits per heavy atom. The second-order valence-corrected chi connectivity index (χ2v) is 3.61. The Kier molecular flexibility index (Phi) is 2.53. The predicted octanol–water partition coefficient (Wildman–Crippen LogP) is 1.06. The Balaban J connectivity index is 2.28. The van der Waals surface area contributed by atoms with E-state index in [1.54, 1.807) is 6.07 Å². The van der Waals surface area contributed by atoms with E-state index in [-0.39, 0.29) is 5.92 Å². The highest BCUT2D eigenvalue weighted by atomic mass is 16.5. The summed E-state index contributed by atoms with van der Waals surface area (Å²) in [6.45, 7) is 0. The van der Waals surface area contributed by atoms with E-state index in [2.05, 4.69) is 9.97 Å². The van der Waals surface area contributed by atoms with E-state index in [0.717, 1.165) is 12.8 Å². The van der Waals surface area contributed by atoms with Crippen LogP contribution in [0.25, 0.3) is 0 Å². The maximum atomic E-state index is 11.1. The van der Waals surface area contributed by atoms with Crippen LogP contribution in [-0.4, -0.2) is 28.2 Å². The summed E-state index contributed by atoms with van der Waals surface area (Å²) in [4.78, 5) is 19.1. The number of hydrogen-bond acceptors (Lipinski definition) is 4. The molecule has 0 amide bonds. The largest absolute Gasteiger partial charge is 0.481 e. The molecule has 0 spiro atoms. The van der Waals surface area contributed by atoms with Crippen LogP contribution in [0.15, 0.2) is 12.3 Å². The number of aliphatic carboxylic acids is 1. The Hall–Kier alpha value is -1.65. The number of ether oxygens (including phenoxy) is 1. The molecular formula is C10H12N2O3. The van der Waals surface area contributed by atoms with Gasteiger partial charge in [-0.15, -0.1) is 0 Å². The van der Waals surface area contributed by atoms with Gasteiger partial charge in [0.25, 0.3) is 0 Å². The smallest absolute Gasteiger partial charge is 0.314 e. The molecule has 1 unspecified atom stereocenters. The van der Waals surface area contributed by atoms with Gasteiger partial charge in [0.05, 0.1) is 7.11 Å². The molecule has 1 N–H and O–H groups in total. The van der Waals surface area contributed by atoms with Crippen molar-refractivity contribution in [3.8, 4) is 5.88 Å². The van der Waals surface area contributed by atoms with Crippen LogP contribution in [0.1, 0.15) is 24.6 Å². The van der Waals surface area contributed by atoms with E-state index in [0.29, 0.717) is 11.7 Å². The first-order valence-electron chi connectivity index (χ1n) is 4.82. The summed E-state index contributed by atoms with van der Waals surface area (Å²) < 4.78 is 4.94. The zero-order chi connectivity index (χ0) is 10.8. The average molecular weight is 208 g/mol. The lowest BCUT2D eigenvalue weighted by Crippen LogP contribution is -2.16. The summed E-state index contributed by atoms with van der Waals surface area (Å²) >= 11 is 0. The zero-order valence-electron chi connectivity index (χ0n) is 8.38. The Labute approximate surface area is 87.1 Å². The van der Waals surface area contributed by atoms with E-state index in [1.807, 2.05) is 0 Å². The molecule has 0 radical (unpaired) electrons. The minimum absolute atomic E-state index is 0.189. The summed E-state index contributed by atoms with van der Waals surface area (Å²) in [5, 5.41) is 9.08. The van der Waals surface area contributed by atoms with E-state index >= 15 is 0 Å². The molecule has 1 aliphatic carbocycles. The third kappa shape index (κ3) is 2.06. The van der Waals surface area contributed by atoms with Gasteiger partial charge in [0.1, 0.15) is 11.7 Å². The summed E-state index contributed by atoms with van der Waals surface area (Å²) in [6, 6.07) is 1.61. The maximum Gasteiger partial charge on any atom is 0.314 e. The highest BCUT2D eigenvalue weighted by Crippen LogP contribution is 2.41. The fourth-order valence-electron chi connectivity index (χ4n) is 1.57. The lowest BCUT2D eigenvalue weighted by atomic mass is 10.0. The van der Waals surface area contributed by atoms with Gasteiger partial charge in [-0.3, -0.25) is 4.79 Å². The minimum Gasteiger partial charge on any atom is -0.481 e. The molecule has 0 bridgehead atoms. The van der Waals surface area contributed by atoms with Crippen molar-refractivity contribution in [2.75, 3.05) is 7.11 Å². The maximum absolute atomic E-state index is 11.1. The number of hydrogen-bond donors (Lipinski definition) is 1. The molecule has 1 aliphatic rings. The highest BCUT2D eigenvalue weighted by molar-refractivity contribution is 5.75. The molecule has 0 aromatic carbocycles. The van der Waals surface area contributed by atoms with E-state index in [1.165, 1.54) is 13.3 Å². The fourth-order valence-corrected chi connectivity index (χ4v) is 1.57. The zero-order valence-corrected chi connectivity index (χ0v) is 8.38. The fraction of sp³-hybridized carbons (Fsp3) is 0.500. The van der Waals surface area contributed by atoms with Crippen molar-refractivity contribution in [2.45, 2.75) is 18.8 Å². The van der Waals surface area contributed by atoms with Crippen molar-refractivity contribution in [3.05, 3.63) is 18.1 Å². The molecule has 0 saturated heterocycles. The lowest BCUT2D eigenvalue weighted by Gasteiger charge is -2.09. The highest BCUT2D eigenvalue weighted by Gasteiger charge is 2.39. The topological polar surface area (TPSA) is 72.3 Å². The summed E-state index contributed by atoms with van der Waals surface area (Å²) in [6.07, 6.45) is 3.41. The molecule has 1 fully saturated rings. The van der Waals surface area contributed by atoms with Gasteiger partial charge in [-0.1, -0.05) is 0 Å². The number of carboxylic acids is 1. The van der Waals surface area contributed by atoms with Gasteiger partial charge in [-0.25, -0.2) is 4.98 Å². The van der Waals surface area contributed by atoms with Gasteiger partial charge >= 0.3 is 5.97 Å². The predicted molar refractivity (Wildman–Crippen MR) is 51.7 cm³/mol. The van der Waals surface area contributed by atoms with Gasteiger partial charge < -0.3 is 9.84 Å². The summed E-state index contributed by atoms with van der Waals surface area (Å²) in [7, 11) is 1.50. The second-order valence-electron chi connectivity index (χ2n) is 3.61. The van der Waals surface area contributed by atoms with Gasteiger partial charge in [-0.05, 0) is 18.8 Å². The quantitative estimate of drug-likeness (QED) is 0.801. The number of carbonyl (C=O) groups is 1. The molecule has 1 aromatic heterocycles. The number of nitrogens with zero attached hydrogens (tertiary/aromatic N) is 2. The molecule has 15 heavy (non-hydrogen) atoms. The Morgan fingerprint density at radius 3 is 2.93 bits per heavy atom. The Bertz CT molecular complexity index is 377. The van der Waals surface area contributed by atoms with Crippen LogP contribution in [0.2, 0.25) is 0 Å². The molecule has 80 valence electrons. The van der Waals surface area contributed by atoms with Crippen molar-refractivity contribution in [1.82, 2.24) is 9.97 Å². The van der Waals surface area contributed by atoms with E-state index < -0.39 is 11.9 Å². The normalized spacial score (nSPS) is 17.1. The van der Waals surface area contributed by atoms with E-state index in [4.69, 9.17) is 9.84 Å². The van der Waals surface area contributed by atoms with Crippen LogP contribution < -0.4 is 4.74 Å². The monoisotopic (exact) mass is 208 g/mol. The summed E-state index contributed by atoms with van der Waals surface area (Å²) in [5.74, 6) is -0.489. The number of methoxy groups -OCH3 is 1. The molecule has 0 aliphatic heterocycles. The van der Waals surface area contributed by atoms with Crippen molar-refractivity contribution in [1.29, 1.82) is 0 Å². The first-order chi connectivity index (χ1) is 7.22. The van der Waals surface area contributed by atoms with Gasteiger partial charge in [0.2, 0.25) is 5.88 Å². The van der Waals surface area contributed by atoms with Gasteiger partial charge in [0, 0.05) is 12.3 Å². The molecule has 1 aromatic rings. The molecule has 1 atom stereocenters. The van der Waals surface area contributed by atoms with Gasteiger partial charge in [0.15, 0.2) is 0 Å². The average Bonchev–Trinajstić information content (AvgIpc) is 3.02. The Morgan fingerprint density at radius 1 is 1.67 bits per heavy atom. The van der Waals surface area contributed by atoms with Crippen molar-refractivity contribution >= 4 is 5.97 Å². The molecule has 5 nitrogen and oxygen atoms in total. The molecule has 2 rings (SSSR count). The lowest BCUT2D eigenvalue weighted by molar-refractivity contribution is -0.139. The van der Waals surface area contributed by atoms with Crippen LogP contribution in [-0.2, 0) is 4.79 Å². The standard InChI is InChI=1S/C10H12N2O3/c1-15-7-4-5-11-9(12-7)8(10(13)14)6-2-3-6/h4-6,8H,2-3H2,1H3,(H,13,14). The number of carboxylic acid groups (broad SMARTS) is 1. The molecule has 1 heterocycles. The SMILES string of the molecule is COc1ccnc(C(C(=O)O)C2CC2)n1. The second kappa shape index (κ2) is 3.84. The van der Waals surface area contributed by atoms with Crippen LogP contribution in [0, 0.1) is 5.92 Å². The number of rotatable bonds is 4.